The van der Waals surface area contributed by atoms with Crippen molar-refractivity contribution in [2.24, 2.45) is 5.92 Å². The summed E-state index contributed by atoms with van der Waals surface area (Å²) in [6.07, 6.45) is 3.17. The van der Waals surface area contributed by atoms with Crippen LogP contribution in [0, 0.1) is 5.92 Å². The van der Waals surface area contributed by atoms with Crippen LogP contribution >= 0.6 is 0 Å². The van der Waals surface area contributed by atoms with Crippen molar-refractivity contribution in [1.82, 2.24) is 0 Å². The number of carboxylic acid groups (broad SMARTS) is 1. The first-order chi connectivity index (χ1) is 5.06. The maximum absolute atomic E-state index is 10.3. The zero-order valence-corrected chi connectivity index (χ0v) is 7.42. The summed E-state index contributed by atoms with van der Waals surface area (Å²) >= 11 is 0. The van der Waals surface area contributed by atoms with Crippen molar-refractivity contribution < 1.29 is 9.90 Å². The Bertz CT molecular complexity index is 155. The van der Waals surface area contributed by atoms with Crippen molar-refractivity contribution in [3.05, 3.63) is 11.6 Å². The maximum atomic E-state index is 10.3. The molecule has 2 nitrogen and oxygen atoms in total. The van der Waals surface area contributed by atoms with Crippen LogP contribution in [0.15, 0.2) is 11.6 Å². The van der Waals surface area contributed by atoms with Gasteiger partial charge in [-0.25, -0.2) is 0 Å². The van der Waals surface area contributed by atoms with Crippen molar-refractivity contribution in [2.75, 3.05) is 0 Å². The van der Waals surface area contributed by atoms with Crippen LogP contribution in [0.25, 0.3) is 0 Å². The van der Waals surface area contributed by atoms with Crippen LogP contribution in [0.4, 0.5) is 0 Å². The van der Waals surface area contributed by atoms with E-state index in [-0.39, 0.29) is 12.3 Å². The second kappa shape index (κ2) is 4.94. The predicted molar refractivity (Wildman–Crippen MR) is 45.5 cm³/mol. The first kappa shape index (κ1) is 10.2. The van der Waals surface area contributed by atoms with Crippen LogP contribution in [0.5, 0.6) is 0 Å². The molecule has 1 N–H and O–H groups in total. The van der Waals surface area contributed by atoms with Crippen molar-refractivity contribution in [3.63, 3.8) is 0 Å². The van der Waals surface area contributed by atoms with Gasteiger partial charge in [-0.15, -0.1) is 0 Å². The van der Waals surface area contributed by atoms with E-state index in [0.717, 1.165) is 6.42 Å². The fourth-order valence-electron chi connectivity index (χ4n) is 1.02. The molecule has 64 valence electrons. The highest BCUT2D eigenvalue weighted by molar-refractivity contribution is 5.67. The molecule has 0 amide bonds. The second-order valence-electron chi connectivity index (χ2n) is 3.01. The van der Waals surface area contributed by atoms with E-state index in [2.05, 4.69) is 0 Å². The van der Waals surface area contributed by atoms with E-state index >= 15 is 0 Å². The molecule has 2 heteroatoms. The summed E-state index contributed by atoms with van der Waals surface area (Å²) in [5.41, 5.74) is 1.19. The third-order valence-corrected chi connectivity index (χ3v) is 1.53. The van der Waals surface area contributed by atoms with E-state index < -0.39 is 5.97 Å². The maximum Gasteiger partial charge on any atom is 0.303 e. The molecule has 0 aliphatic carbocycles. The highest BCUT2D eigenvalue weighted by atomic mass is 16.4. The number of allylic oxidation sites excluding steroid dienone is 2. The minimum absolute atomic E-state index is 0.206. The molecule has 0 aliphatic heterocycles. The topological polar surface area (TPSA) is 37.3 Å². The van der Waals surface area contributed by atoms with Crippen LogP contribution < -0.4 is 0 Å². The van der Waals surface area contributed by atoms with E-state index in [1.54, 1.807) is 0 Å². The smallest absolute Gasteiger partial charge is 0.303 e. The lowest BCUT2D eigenvalue weighted by Crippen LogP contribution is -2.04. The SMILES string of the molecule is CC[C@@H](C=C(C)C)CC(=O)O. The molecule has 1 atom stereocenters. The van der Waals surface area contributed by atoms with Crippen LogP contribution in [0.2, 0.25) is 0 Å². The molecule has 0 aromatic heterocycles. The first-order valence-corrected chi connectivity index (χ1v) is 3.93. The van der Waals surface area contributed by atoms with Gasteiger partial charge >= 0.3 is 5.97 Å². The number of aliphatic carboxylic acids is 1. The van der Waals surface area contributed by atoms with E-state index in [1.165, 1.54) is 5.57 Å². The molecule has 0 bridgehead atoms. The molecular formula is C9H16O2. The molecule has 0 aliphatic rings. The van der Waals surface area contributed by atoms with Crippen molar-refractivity contribution in [2.45, 2.75) is 33.6 Å². The minimum atomic E-state index is -0.714. The zero-order chi connectivity index (χ0) is 8.85. The fraction of sp³-hybridized carbons (Fsp3) is 0.667. The molecule has 0 aromatic carbocycles. The molecule has 0 saturated carbocycles. The highest BCUT2D eigenvalue weighted by Crippen LogP contribution is 2.11. The Morgan fingerprint density at radius 1 is 1.55 bits per heavy atom. The Hall–Kier alpha value is -0.790. The number of rotatable bonds is 4. The molecule has 0 heterocycles. The number of carbonyl (C=O) groups is 1. The van der Waals surface area contributed by atoms with Crippen LogP contribution in [-0.4, -0.2) is 11.1 Å². The first-order valence-electron chi connectivity index (χ1n) is 3.93. The molecule has 0 spiro atoms. The summed E-state index contributed by atoms with van der Waals surface area (Å²) < 4.78 is 0. The van der Waals surface area contributed by atoms with E-state index in [9.17, 15) is 4.79 Å². The van der Waals surface area contributed by atoms with E-state index in [4.69, 9.17) is 5.11 Å². The lowest BCUT2D eigenvalue weighted by molar-refractivity contribution is -0.137. The van der Waals surface area contributed by atoms with Crippen LogP contribution in [0.3, 0.4) is 0 Å². The van der Waals surface area contributed by atoms with Gasteiger partial charge in [-0.2, -0.15) is 0 Å². The summed E-state index contributed by atoms with van der Waals surface area (Å²) in [5.74, 6) is -0.508. The summed E-state index contributed by atoms with van der Waals surface area (Å²) in [6, 6.07) is 0. The average Bonchev–Trinajstić information content (AvgIpc) is 1.84. The van der Waals surface area contributed by atoms with Gasteiger partial charge in [-0.05, 0) is 26.2 Å². The Morgan fingerprint density at radius 2 is 2.09 bits per heavy atom. The van der Waals surface area contributed by atoms with Crippen molar-refractivity contribution >= 4 is 5.97 Å². The summed E-state index contributed by atoms with van der Waals surface area (Å²) in [4.78, 5) is 10.3. The quantitative estimate of drug-likeness (QED) is 0.635. The average molecular weight is 156 g/mol. The van der Waals surface area contributed by atoms with Gasteiger partial charge in [0.25, 0.3) is 0 Å². The third-order valence-electron chi connectivity index (χ3n) is 1.53. The fourth-order valence-corrected chi connectivity index (χ4v) is 1.02. The van der Waals surface area contributed by atoms with Crippen molar-refractivity contribution in [1.29, 1.82) is 0 Å². The van der Waals surface area contributed by atoms with E-state index in [1.807, 2.05) is 26.8 Å². The van der Waals surface area contributed by atoms with Crippen molar-refractivity contribution in [3.8, 4) is 0 Å². The highest BCUT2D eigenvalue weighted by Gasteiger charge is 2.06. The van der Waals surface area contributed by atoms with E-state index in [0.29, 0.717) is 0 Å². The molecule has 11 heavy (non-hydrogen) atoms. The van der Waals surface area contributed by atoms with Gasteiger partial charge in [0.15, 0.2) is 0 Å². The van der Waals surface area contributed by atoms with Gasteiger partial charge in [0, 0.05) is 0 Å². The summed E-state index contributed by atoms with van der Waals surface area (Å²) in [5, 5.41) is 8.50. The van der Waals surface area contributed by atoms with Gasteiger partial charge in [0.2, 0.25) is 0 Å². The Kier molecular flexibility index (Phi) is 4.59. The number of hydrogen-bond acceptors (Lipinski definition) is 1. The van der Waals surface area contributed by atoms with Gasteiger partial charge in [0.05, 0.1) is 6.42 Å². The molecule has 0 saturated heterocycles. The normalized spacial score (nSPS) is 12.3. The largest absolute Gasteiger partial charge is 0.481 e. The van der Waals surface area contributed by atoms with Gasteiger partial charge in [-0.3, -0.25) is 4.79 Å². The Labute approximate surface area is 67.9 Å². The number of carboxylic acids is 1. The summed E-state index contributed by atoms with van der Waals surface area (Å²) in [7, 11) is 0. The van der Waals surface area contributed by atoms with Gasteiger partial charge in [-0.1, -0.05) is 18.6 Å². The molecule has 0 fully saturated rings. The molecule has 0 unspecified atom stereocenters. The lowest BCUT2D eigenvalue weighted by atomic mass is 10.0. The Morgan fingerprint density at radius 3 is 2.36 bits per heavy atom. The number of hydrogen-bond donors (Lipinski definition) is 1. The minimum Gasteiger partial charge on any atom is -0.481 e. The zero-order valence-electron chi connectivity index (χ0n) is 7.42. The second-order valence-corrected chi connectivity index (χ2v) is 3.01. The lowest BCUT2D eigenvalue weighted by Gasteiger charge is -2.06. The molecule has 0 aromatic rings. The monoisotopic (exact) mass is 156 g/mol. The third kappa shape index (κ3) is 5.64. The van der Waals surface area contributed by atoms with Gasteiger partial charge < -0.3 is 5.11 Å². The predicted octanol–water partition coefficient (Wildman–Crippen LogP) is 2.45. The standard InChI is InChI=1S/C9H16O2/c1-4-8(5-7(2)3)6-9(10)11/h5,8H,4,6H2,1-3H3,(H,10,11)/t8-/m0/s1. The van der Waals surface area contributed by atoms with Crippen LogP contribution in [0.1, 0.15) is 33.6 Å². The summed E-state index contributed by atoms with van der Waals surface area (Å²) in [6.45, 7) is 5.99. The van der Waals surface area contributed by atoms with Gasteiger partial charge in [0.1, 0.15) is 0 Å². The molecule has 0 rings (SSSR count). The van der Waals surface area contributed by atoms with Crippen LogP contribution in [-0.2, 0) is 4.79 Å². The molecular weight excluding hydrogens is 140 g/mol. The Balaban J connectivity index is 3.96. The molecule has 0 radical (unpaired) electrons.